The van der Waals surface area contributed by atoms with Crippen molar-refractivity contribution in [3.63, 3.8) is 0 Å². The number of H-pyrrole nitrogens is 1. The minimum absolute atomic E-state index is 0.234. The summed E-state index contributed by atoms with van der Waals surface area (Å²) in [4.78, 5) is 28.2. The standard InChI is InChI=1S/C22H22N8O3/c31-21(20-19-15(8-25-28-19)7-17(27-20)30-4-3-23-14-30)26-16-1-2-18(24-9-16)33-6-5-29-10-22(11-29)12-32-13-22/h1-4,7-9,14H,5-6,10-13H2,(H,25,28)(H,26,31). The van der Waals surface area contributed by atoms with Crippen molar-refractivity contribution >= 4 is 22.5 Å². The van der Waals surface area contributed by atoms with Gasteiger partial charge in [0.15, 0.2) is 5.69 Å². The number of ether oxygens (including phenoxy) is 2. The van der Waals surface area contributed by atoms with E-state index in [9.17, 15) is 4.79 Å². The van der Waals surface area contributed by atoms with E-state index >= 15 is 0 Å². The number of hydrogen-bond donors (Lipinski definition) is 2. The summed E-state index contributed by atoms with van der Waals surface area (Å²) in [6.45, 7) is 5.35. The molecule has 2 fully saturated rings. The average molecular weight is 446 g/mol. The smallest absolute Gasteiger partial charge is 0.276 e. The van der Waals surface area contributed by atoms with Crippen LogP contribution in [0.5, 0.6) is 5.88 Å². The summed E-state index contributed by atoms with van der Waals surface area (Å²) in [6, 6.07) is 5.34. The maximum atomic E-state index is 13.0. The largest absolute Gasteiger partial charge is 0.476 e. The topological polar surface area (TPSA) is 123 Å². The quantitative estimate of drug-likeness (QED) is 0.438. The zero-order valence-corrected chi connectivity index (χ0v) is 17.8. The van der Waals surface area contributed by atoms with Gasteiger partial charge in [0.1, 0.15) is 18.8 Å². The van der Waals surface area contributed by atoms with Crippen LogP contribution in [0.3, 0.4) is 0 Å². The van der Waals surface area contributed by atoms with Gasteiger partial charge in [0.25, 0.3) is 5.91 Å². The molecule has 0 unspecified atom stereocenters. The molecule has 11 heteroatoms. The van der Waals surface area contributed by atoms with Crippen LogP contribution in [0, 0.1) is 5.41 Å². The minimum Gasteiger partial charge on any atom is -0.476 e. The Balaban J connectivity index is 1.09. The number of carbonyl (C=O) groups is 1. The molecule has 33 heavy (non-hydrogen) atoms. The van der Waals surface area contributed by atoms with Gasteiger partial charge in [0.2, 0.25) is 5.88 Å². The predicted octanol–water partition coefficient (Wildman–Crippen LogP) is 1.50. The van der Waals surface area contributed by atoms with Gasteiger partial charge in [0, 0.05) is 48.9 Å². The van der Waals surface area contributed by atoms with E-state index in [2.05, 4.69) is 35.4 Å². The van der Waals surface area contributed by atoms with Gasteiger partial charge >= 0.3 is 0 Å². The Morgan fingerprint density at radius 2 is 2.18 bits per heavy atom. The second-order valence-electron chi connectivity index (χ2n) is 8.52. The summed E-state index contributed by atoms with van der Waals surface area (Å²) in [5, 5.41) is 10.5. The Bertz CT molecular complexity index is 1270. The fourth-order valence-electron chi connectivity index (χ4n) is 4.27. The molecule has 1 spiro atoms. The lowest BCUT2D eigenvalue weighted by Crippen LogP contribution is -2.66. The summed E-state index contributed by atoms with van der Waals surface area (Å²) in [5.74, 6) is 0.728. The summed E-state index contributed by atoms with van der Waals surface area (Å²) < 4.78 is 12.8. The molecule has 0 bridgehead atoms. The molecule has 0 aromatic carbocycles. The first-order valence-electron chi connectivity index (χ1n) is 10.7. The van der Waals surface area contributed by atoms with Gasteiger partial charge in [-0.1, -0.05) is 0 Å². The van der Waals surface area contributed by atoms with Crippen LogP contribution in [0.15, 0.2) is 49.3 Å². The Morgan fingerprint density at radius 3 is 2.91 bits per heavy atom. The molecule has 1 amide bonds. The Kier molecular flexibility index (Phi) is 4.77. The van der Waals surface area contributed by atoms with Crippen LogP contribution in [-0.2, 0) is 4.74 Å². The summed E-state index contributed by atoms with van der Waals surface area (Å²) >= 11 is 0. The van der Waals surface area contributed by atoms with Crippen LogP contribution in [0.25, 0.3) is 16.7 Å². The third kappa shape index (κ3) is 3.81. The fraction of sp³-hybridized carbons (Fsp3) is 0.318. The second-order valence-corrected chi connectivity index (χ2v) is 8.52. The Labute approximate surface area is 188 Å². The number of hydrogen-bond acceptors (Lipinski definition) is 8. The first kappa shape index (κ1) is 19.8. The Hall–Kier alpha value is -3.83. The van der Waals surface area contributed by atoms with Gasteiger partial charge in [-0.25, -0.2) is 15.0 Å². The van der Waals surface area contributed by atoms with Crippen molar-refractivity contribution in [3.8, 4) is 11.7 Å². The van der Waals surface area contributed by atoms with Gasteiger partial charge < -0.3 is 14.8 Å². The highest BCUT2D eigenvalue weighted by atomic mass is 16.5. The van der Waals surface area contributed by atoms with Crippen molar-refractivity contribution in [1.29, 1.82) is 0 Å². The SMILES string of the molecule is O=C(Nc1ccc(OCCN2CC3(COC3)C2)nc1)c1nc(-n2ccnc2)cc2cn[nH]c12. The van der Waals surface area contributed by atoms with Crippen molar-refractivity contribution in [2.75, 3.05) is 44.8 Å². The van der Waals surface area contributed by atoms with E-state index in [0.29, 0.717) is 34.9 Å². The van der Waals surface area contributed by atoms with E-state index in [-0.39, 0.29) is 11.6 Å². The molecule has 4 aromatic rings. The van der Waals surface area contributed by atoms with E-state index < -0.39 is 0 Å². The number of nitrogens with zero attached hydrogens (tertiary/aromatic N) is 6. The molecule has 0 atom stereocenters. The molecule has 0 radical (unpaired) electrons. The van der Waals surface area contributed by atoms with E-state index in [1.165, 1.54) is 0 Å². The highest BCUT2D eigenvalue weighted by Gasteiger charge is 2.48. The normalized spacial score (nSPS) is 17.0. The number of imidazole rings is 1. The molecule has 2 aliphatic rings. The lowest BCUT2D eigenvalue weighted by molar-refractivity contribution is -0.189. The molecule has 6 heterocycles. The number of pyridine rings is 2. The van der Waals surface area contributed by atoms with E-state index in [1.807, 2.05) is 6.07 Å². The number of amides is 1. The van der Waals surface area contributed by atoms with E-state index in [1.54, 1.807) is 47.8 Å². The Morgan fingerprint density at radius 1 is 1.27 bits per heavy atom. The first-order valence-corrected chi connectivity index (χ1v) is 10.7. The summed E-state index contributed by atoms with van der Waals surface area (Å²) in [5.41, 5.74) is 1.75. The van der Waals surface area contributed by atoms with Gasteiger partial charge in [0.05, 0.1) is 36.8 Å². The van der Waals surface area contributed by atoms with Gasteiger partial charge in [-0.15, -0.1) is 0 Å². The zero-order chi connectivity index (χ0) is 22.3. The lowest BCUT2D eigenvalue weighted by atomic mass is 9.78. The maximum absolute atomic E-state index is 13.0. The number of fused-ring (bicyclic) bond motifs is 1. The van der Waals surface area contributed by atoms with E-state index in [4.69, 9.17) is 9.47 Å². The molecule has 2 N–H and O–H groups in total. The van der Waals surface area contributed by atoms with Crippen LogP contribution < -0.4 is 10.1 Å². The van der Waals surface area contributed by atoms with Crippen LogP contribution >= 0.6 is 0 Å². The fourth-order valence-corrected chi connectivity index (χ4v) is 4.27. The predicted molar refractivity (Wildman–Crippen MR) is 118 cm³/mol. The van der Waals surface area contributed by atoms with Crippen LogP contribution in [0.2, 0.25) is 0 Å². The number of aromatic amines is 1. The molecule has 168 valence electrons. The second kappa shape index (κ2) is 7.94. The van der Waals surface area contributed by atoms with Gasteiger partial charge in [-0.05, 0) is 12.1 Å². The van der Waals surface area contributed by atoms with Crippen LogP contribution in [-0.4, -0.2) is 80.0 Å². The van der Waals surface area contributed by atoms with Crippen molar-refractivity contribution in [2.45, 2.75) is 0 Å². The molecule has 11 nitrogen and oxygen atoms in total. The number of carbonyl (C=O) groups excluding carboxylic acids is 1. The van der Waals surface area contributed by atoms with Crippen molar-refractivity contribution in [1.82, 2.24) is 34.6 Å². The average Bonchev–Trinajstić information content (AvgIpc) is 3.46. The van der Waals surface area contributed by atoms with Gasteiger partial charge in [-0.3, -0.25) is 19.4 Å². The first-order chi connectivity index (χ1) is 16.2. The number of aromatic nitrogens is 6. The van der Waals surface area contributed by atoms with Gasteiger partial charge in [-0.2, -0.15) is 5.10 Å². The number of likely N-dealkylation sites (tertiary alicyclic amines) is 1. The molecular formula is C22H22N8O3. The van der Waals surface area contributed by atoms with Crippen molar-refractivity contribution < 1.29 is 14.3 Å². The third-order valence-corrected chi connectivity index (χ3v) is 5.99. The number of anilines is 1. The molecule has 0 aliphatic carbocycles. The molecular weight excluding hydrogens is 424 g/mol. The van der Waals surface area contributed by atoms with Crippen LogP contribution in [0.4, 0.5) is 5.69 Å². The molecule has 0 saturated carbocycles. The van der Waals surface area contributed by atoms with Crippen molar-refractivity contribution in [2.24, 2.45) is 5.41 Å². The monoisotopic (exact) mass is 446 g/mol. The molecule has 2 aliphatic heterocycles. The zero-order valence-electron chi connectivity index (χ0n) is 17.8. The molecule has 2 saturated heterocycles. The number of nitrogens with one attached hydrogen (secondary N) is 2. The summed E-state index contributed by atoms with van der Waals surface area (Å²) in [7, 11) is 0. The van der Waals surface area contributed by atoms with Crippen LogP contribution in [0.1, 0.15) is 10.5 Å². The van der Waals surface area contributed by atoms with E-state index in [0.717, 1.165) is 38.2 Å². The number of rotatable bonds is 7. The molecule has 4 aromatic heterocycles. The highest BCUT2D eigenvalue weighted by molar-refractivity contribution is 6.10. The molecule has 6 rings (SSSR count). The maximum Gasteiger partial charge on any atom is 0.276 e. The third-order valence-electron chi connectivity index (χ3n) is 5.99. The summed E-state index contributed by atoms with van der Waals surface area (Å²) in [6.07, 6.45) is 8.27. The van der Waals surface area contributed by atoms with Crippen molar-refractivity contribution in [3.05, 3.63) is 55.0 Å². The lowest BCUT2D eigenvalue weighted by Gasteiger charge is -2.55. The minimum atomic E-state index is -0.367. The highest BCUT2D eigenvalue weighted by Crippen LogP contribution is 2.37.